The van der Waals surface area contributed by atoms with E-state index in [4.69, 9.17) is 0 Å². The molecule has 2 aliphatic rings. The first-order valence-corrected chi connectivity index (χ1v) is 8.95. The Hall–Kier alpha value is -1.88. The standard InChI is InChI=1S/C19H27N3O2/c1-3-13(2)17(21-18(23)14-7-5-4-6-8-14)19(24)22-11-15-9-20-10-16(15)12-22/h4-8,13,15-17,20H,3,9-12H2,1-2H3,(H,21,23)/t13?,15-,16+,17?. The summed E-state index contributed by atoms with van der Waals surface area (Å²) in [5.41, 5.74) is 0.598. The number of benzene rings is 1. The first-order chi connectivity index (χ1) is 11.6. The minimum atomic E-state index is -0.450. The summed E-state index contributed by atoms with van der Waals surface area (Å²) < 4.78 is 0. The van der Waals surface area contributed by atoms with Gasteiger partial charge in [-0.2, -0.15) is 0 Å². The van der Waals surface area contributed by atoms with E-state index in [1.54, 1.807) is 12.1 Å². The highest BCUT2D eigenvalue weighted by atomic mass is 16.2. The van der Waals surface area contributed by atoms with E-state index in [9.17, 15) is 9.59 Å². The lowest BCUT2D eigenvalue weighted by Gasteiger charge is -2.28. The van der Waals surface area contributed by atoms with E-state index in [0.29, 0.717) is 17.4 Å². The Morgan fingerprint density at radius 3 is 2.42 bits per heavy atom. The molecule has 2 fully saturated rings. The third kappa shape index (κ3) is 3.46. The summed E-state index contributed by atoms with van der Waals surface area (Å²) in [4.78, 5) is 27.5. The normalized spacial score (nSPS) is 25.2. The van der Waals surface area contributed by atoms with Crippen molar-refractivity contribution in [1.82, 2.24) is 15.5 Å². The molecule has 4 atom stereocenters. The lowest BCUT2D eigenvalue weighted by molar-refractivity contribution is -0.133. The fraction of sp³-hybridized carbons (Fsp3) is 0.579. The summed E-state index contributed by atoms with van der Waals surface area (Å²) in [6, 6.07) is 8.66. The molecule has 0 saturated carbocycles. The van der Waals surface area contributed by atoms with Gasteiger partial charge in [-0.15, -0.1) is 0 Å². The summed E-state index contributed by atoms with van der Waals surface area (Å²) >= 11 is 0. The van der Waals surface area contributed by atoms with Gasteiger partial charge in [-0.1, -0.05) is 38.5 Å². The van der Waals surface area contributed by atoms with Crippen molar-refractivity contribution in [2.45, 2.75) is 26.3 Å². The molecule has 2 heterocycles. The molecule has 0 aliphatic carbocycles. The van der Waals surface area contributed by atoms with Crippen LogP contribution in [0.5, 0.6) is 0 Å². The Balaban J connectivity index is 1.69. The minimum absolute atomic E-state index is 0.0723. The van der Waals surface area contributed by atoms with E-state index in [0.717, 1.165) is 32.6 Å². The average Bonchev–Trinajstić information content (AvgIpc) is 3.21. The van der Waals surface area contributed by atoms with Gasteiger partial charge in [0.05, 0.1) is 0 Å². The molecule has 1 aromatic carbocycles. The predicted octanol–water partition coefficient (Wildman–Crippen LogP) is 1.51. The Kier molecular flexibility index (Phi) is 5.19. The number of likely N-dealkylation sites (tertiary alicyclic amines) is 1. The average molecular weight is 329 g/mol. The number of hydrogen-bond donors (Lipinski definition) is 2. The zero-order chi connectivity index (χ0) is 17.1. The van der Waals surface area contributed by atoms with Gasteiger partial charge in [-0.25, -0.2) is 0 Å². The van der Waals surface area contributed by atoms with Gasteiger partial charge in [0, 0.05) is 31.7 Å². The minimum Gasteiger partial charge on any atom is -0.340 e. The summed E-state index contributed by atoms with van der Waals surface area (Å²) in [6.45, 7) is 7.71. The molecule has 2 saturated heterocycles. The SMILES string of the molecule is CCC(C)C(NC(=O)c1ccccc1)C(=O)N1C[C@H]2CNC[C@H]2C1. The second kappa shape index (κ2) is 7.34. The number of carbonyl (C=O) groups is 2. The largest absolute Gasteiger partial charge is 0.340 e. The third-order valence-electron chi connectivity index (χ3n) is 5.50. The lowest BCUT2D eigenvalue weighted by atomic mass is 9.97. The van der Waals surface area contributed by atoms with Gasteiger partial charge in [0.1, 0.15) is 6.04 Å². The second-order valence-corrected chi connectivity index (χ2v) is 7.12. The second-order valence-electron chi connectivity index (χ2n) is 7.12. The maximum absolute atomic E-state index is 13.0. The molecule has 2 N–H and O–H groups in total. The van der Waals surface area contributed by atoms with Crippen molar-refractivity contribution in [3.8, 4) is 0 Å². The molecular formula is C19H27N3O2. The van der Waals surface area contributed by atoms with Crippen LogP contribution in [0, 0.1) is 17.8 Å². The van der Waals surface area contributed by atoms with Crippen LogP contribution < -0.4 is 10.6 Å². The zero-order valence-corrected chi connectivity index (χ0v) is 14.5. The Morgan fingerprint density at radius 1 is 1.21 bits per heavy atom. The first kappa shape index (κ1) is 17.0. The molecular weight excluding hydrogens is 302 g/mol. The Bertz CT molecular complexity index is 578. The van der Waals surface area contributed by atoms with Crippen LogP contribution in [0.4, 0.5) is 0 Å². The van der Waals surface area contributed by atoms with Crippen molar-refractivity contribution in [2.24, 2.45) is 17.8 Å². The van der Waals surface area contributed by atoms with Crippen LogP contribution in [0.3, 0.4) is 0 Å². The fourth-order valence-corrected chi connectivity index (χ4v) is 3.73. The maximum Gasteiger partial charge on any atom is 0.251 e. The topological polar surface area (TPSA) is 61.4 Å². The van der Waals surface area contributed by atoms with E-state index in [2.05, 4.69) is 17.6 Å². The lowest BCUT2D eigenvalue weighted by Crippen LogP contribution is -2.51. The van der Waals surface area contributed by atoms with Gasteiger partial charge in [0.25, 0.3) is 5.91 Å². The van der Waals surface area contributed by atoms with Crippen molar-refractivity contribution < 1.29 is 9.59 Å². The van der Waals surface area contributed by atoms with Crippen LogP contribution in [-0.2, 0) is 4.79 Å². The number of amides is 2. The van der Waals surface area contributed by atoms with E-state index in [-0.39, 0.29) is 17.7 Å². The van der Waals surface area contributed by atoms with Crippen LogP contribution in [-0.4, -0.2) is 48.9 Å². The molecule has 24 heavy (non-hydrogen) atoms. The van der Waals surface area contributed by atoms with Gasteiger partial charge in [-0.3, -0.25) is 9.59 Å². The van der Waals surface area contributed by atoms with E-state index in [1.165, 1.54) is 0 Å². The van der Waals surface area contributed by atoms with Crippen molar-refractivity contribution >= 4 is 11.8 Å². The Morgan fingerprint density at radius 2 is 1.83 bits per heavy atom. The third-order valence-corrected chi connectivity index (χ3v) is 5.50. The fourth-order valence-electron chi connectivity index (χ4n) is 3.73. The molecule has 130 valence electrons. The molecule has 0 bridgehead atoms. The van der Waals surface area contributed by atoms with Crippen LogP contribution in [0.15, 0.2) is 30.3 Å². The van der Waals surface area contributed by atoms with Crippen LogP contribution in [0.2, 0.25) is 0 Å². The zero-order valence-electron chi connectivity index (χ0n) is 14.5. The van der Waals surface area contributed by atoms with Gasteiger partial charge in [0.15, 0.2) is 0 Å². The number of rotatable bonds is 5. The van der Waals surface area contributed by atoms with Crippen molar-refractivity contribution in [2.75, 3.05) is 26.2 Å². The highest BCUT2D eigenvalue weighted by molar-refractivity contribution is 5.97. The molecule has 5 nitrogen and oxygen atoms in total. The van der Waals surface area contributed by atoms with Crippen LogP contribution in [0.1, 0.15) is 30.6 Å². The molecule has 2 aliphatic heterocycles. The molecule has 5 heteroatoms. The number of nitrogens with zero attached hydrogens (tertiary/aromatic N) is 1. The van der Waals surface area contributed by atoms with E-state index < -0.39 is 6.04 Å². The molecule has 1 aromatic rings. The molecule has 0 radical (unpaired) electrons. The number of hydrogen-bond acceptors (Lipinski definition) is 3. The monoisotopic (exact) mass is 329 g/mol. The summed E-state index contributed by atoms with van der Waals surface area (Å²) in [7, 11) is 0. The van der Waals surface area contributed by atoms with Gasteiger partial charge in [0.2, 0.25) is 5.91 Å². The van der Waals surface area contributed by atoms with Gasteiger partial charge < -0.3 is 15.5 Å². The number of nitrogens with one attached hydrogen (secondary N) is 2. The predicted molar refractivity (Wildman–Crippen MR) is 93.6 cm³/mol. The van der Waals surface area contributed by atoms with E-state index in [1.807, 2.05) is 30.0 Å². The molecule has 2 amide bonds. The summed E-state index contributed by atoms with van der Waals surface area (Å²) in [5.74, 6) is 1.15. The summed E-state index contributed by atoms with van der Waals surface area (Å²) in [5, 5.41) is 6.37. The quantitative estimate of drug-likeness (QED) is 0.861. The summed E-state index contributed by atoms with van der Waals surface area (Å²) in [6.07, 6.45) is 0.855. The van der Waals surface area contributed by atoms with Gasteiger partial charge in [-0.05, 0) is 29.9 Å². The maximum atomic E-state index is 13.0. The first-order valence-electron chi connectivity index (χ1n) is 8.95. The highest BCUT2D eigenvalue weighted by Crippen LogP contribution is 2.27. The van der Waals surface area contributed by atoms with Crippen molar-refractivity contribution in [3.05, 3.63) is 35.9 Å². The van der Waals surface area contributed by atoms with Crippen molar-refractivity contribution in [3.63, 3.8) is 0 Å². The van der Waals surface area contributed by atoms with Crippen molar-refractivity contribution in [1.29, 1.82) is 0 Å². The number of fused-ring (bicyclic) bond motifs is 1. The molecule has 0 aromatic heterocycles. The molecule has 0 spiro atoms. The van der Waals surface area contributed by atoms with E-state index >= 15 is 0 Å². The highest BCUT2D eigenvalue weighted by Gasteiger charge is 2.41. The molecule has 2 unspecified atom stereocenters. The van der Waals surface area contributed by atoms with Crippen LogP contribution in [0.25, 0.3) is 0 Å². The Labute approximate surface area is 143 Å². The van der Waals surface area contributed by atoms with Gasteiger partial charge >= 0.3 is 0 Å². The van der Waals surface area contributed by atoms with Crippen LogP contribution >= 0.6 is 0 Å². The smallest absolute Gasteiger partial charge is 0.251 e. The number of carbonyl (C=O) groups excluding carboxylic acids is 2. The molecule has 3 rings (SSSR count).